The van der Waals surface area contributed by atoms with Crippen molar-refractivity contribution >= 4 is 51.4 Å². The molecule has 0 atom stereocenters. The molecule has 2 aromatic carbocycles. The summed E-state index contributed by atoms with van der Waals surface area (Å²) in [6.45, 7) is 4.22. The summed E-state index contributed by atoms with van der Waals surface area (Å²) in [6, 6.07) is 14.0. The Hall–Kier alpha value is -2.90. The summed E-state index contributed by atoms with van der Waals surface area (Å²) in [5, 5.41) is 10.5. The summed E-state index contributed by atoms with van der Waals surface area (Å²) in [5.41, 5.74) is 2.68. The number of thiazole rings is 1. The number of urea groups is 1. The van der Waals surface area contributed by atoms with Crippen LogP contribution in [0.5, 0.6) is 0 Å². The topological polar surface area (TPSA) is 83.1 Å². The van der Waals surface area contributed by atoms with Gasteiger partial charge >= 0.3 is 6.03 Å². The Balaban J connectivity index is 1.58. The average molecular weight is 415 g/mol. The van der Waals surface area contributed by atoms with Crippen molar-refractivity contribution in [2.45, 2.75) is 19.8 Å². The van der Waals surface area contributed by atoms with Crippen LogP contribution in [0, 0.1) is 0 Å². The fraction of sp³-hybridized carbons (Fsp3) is 0.150. The number of carbonyl (C=O) groups is 2. The SMILES string of the molecule is CC(C)c1ccc(NC(=O)c2csc(NC(=O)Nc3cccc(Cl)c3)n2)cc1. The standard InChI is InChI=1S/C20H19ClN4O2S/c1-12(2)13-6-8-15(9-7-13)22-18(26)17-11-28-20(24-17)25-19(27)23-16-5-3-4-14(21)10-16/h3-12H,1-2H3,(H,22,26)(H2,23,24,25,27). The summed E-state index contributed by atoms with van der Waals surface area (Å²) in [5.74, 6) is 0.0897. The number of rotatable bonds is 5. The Morgan fingerprint density at radius 1 is 1.00 bits per heavy atom. The van der Waals surface area contributed by atoms with E-state index in [2.05, 4.69) is 34.8 Å². The smallest absolute Gasteiger partial charge is 0.321 e. The van der Waals surface area contributed by atoms with Crippen molar-refractivity contribution in [3.8, 4) is 0 Å². The van der Waals surface area contributed by atoms with Crippen LogP contribution >= 0.6 is 22.9 Å². The molecule has 0 unspecified atom stereocenters. The second-order valence-electron chi connectivity index (χ2n) is 6.36. The first-order chi connectivity index (χ1) is 13.4. The second-order valence-corrected chi connectivity index (χ2v) is 7.65. The van der Waals surface area contributed by atoms with E-state index in [1.54, 1.807) is 29.6 Å². The fourth-order valence-electron chi connectivity index (χ4n) is 2.41. The van der Waals surface area contributed by atoms with Crippen molar-refractivity contribution in [2.75, 3.05) is 16.0 Å². The lowest BCUT2D eigenvalue weighted by molar-refractivity contribution is 0.102. The van der Waals surface area contributed by atoms with Crippen LogP contribution < -0.4 is 16.0 Å². The molecule has 1 heterocycles. The first kappa shape index (κ1) is 19.9. The van der Waals surface area contributed by atoms with E-state index in [9.17, 15) is 9.59 Å². The van der Waals surface area contributed by atoms with Gasteiger partial charge in [-0.15, -0.1) is 11.3 Å². The van der Waals surface area contributed by atoms with E-state index in [1.165, 1.54) is 16.9 Å². The van der Waals surface area contributed by atoms with Gasteiger partial charge in [0.1, 0.15) is 5.69 Å². The van der Waals surface area contributed by atoms with Crippen molar-refractivity contribution in [3.05, 3.63) is 70.2 Å². The Morgan fingerprint density at radius 3 is 2.43 bits per heavy atom. The first-order valence-corrected chi connectivity index (χ1v) is 9.87. The van der Waals surface area contributed by atoms with Crippen molar-refractivity contribution in [3.63, 3.8) is 0 Å². The van der Waals surface area contributed by atoms with Gasteiger partial charge in [0.15, 0.2) is 5.13 Å². The van der Waals surface area contributed by atoms with Crippen molar-refractivity contribution < 1.29 is 9.59 Å². The number of amides is 3. The van der Waals surface area contributed by atoms with Crippen LogP contribution in [0.3, 0.4) is 0 Å². The number of aromatic nitrogens is 1. The number of benzene rings is 2. The number of carbonyl (C=O) groups excluding carboxylic acids is 2. The number of anilines is 3. The molecule has 0 spiro atoms. The average Bonchev–Trinajstić information content (AvgIpc) is 3.10. The number of hydrogen-bond donors (Lipinski definition) is 3. The third-order valence-electron chi connectivity index (χ3n) is 3.87. The molecule has 1 aromatic heterocycles. The maximum Gasteiger partial charge on any atom is 0.325 e. The number of halogens is 1. The van der Waals surface area contributed by atoms with Crippen LogP contribution in [0.15, 0.2) is 53.9 Å². The maximum atomic E-state index is 12.4. The van der Waals surface area contributed by atoms with E-state index in [4.69, 9.17) is 11.6 Å². The Bertz CT molecular complexity index is 986. The van der Waals surface area contributed by atoms with Gasteiger partial charge < -0.3 is 10.6 Å². The van der Waals surface area contributed by atoms with Crippen molar-refractivity contribution in [2.24, 2.45) is 0 Å². The molecule has 0 saturated carbocycles. The lowest BCUT2D eigenvalue weighted by Gasteiger charge is -2.07. The van der Waals surface area contributed by atoms with Gasteiger partial charge in [-0.05, 0) is 41.8 Å². The molecular weight excluding hydrogens is 396 g/mol. The first-order valence-electron chi connectivity index (χ1n) is 8.61. The minimum atomic E-state index is -0.465. The molecule has 8 heteroatoms. The molecule has 28 heavy (non-hydrogen) atoms. The highest BCUT2D eigenvalue weighted by Gasteiger charge is 2.13. The van der Waals surface area contributed by atoms with Gasteiger partial charge in [0.2, 0.25) is 0 Å². The predicted octanol–water partition coefficient (Wildman–Crippen LogP) is 5.82. The zero-order valence-corrected chi connectivity index (χ0v) is 16.9. The molecule has 0 fully saturated rings. The zero-order chi connectivity index (χ0) is 20.1. The summed E-state index contributed by atoms with van der Waals surface area (Å²) < 4.78 is 0. The molecule has 3 amide bonds. The summed E-state index contributed by atoms with van der Waals surface area (Å²) >= 11 is 7.06. The van der Waals surface area contributed by atoms with Gasteiger partial charge in [-0.3, -0.25) is 10.1 Å². The molecule has 0 aliphatic rings. The van der Waals surface area contributed by atoms with E-state index in [0.29, 0.717) is 27.4 Å². The third-order valence-corrected chi connectivity index (χ3v) is 4.87. The molecule has 3 N–H and O–H groups in total. The minimum absolute atomic E-state index is 0.232. The van der Waals surface area contributed by atoms with Gasteiger partial charge in [0.05, 0.1) is 0 Å². The Labute approximate surface area is 172 Å². The van der Waals surface area contributed by atoms with Crippen LogP contribution in [-0.2, 0) is 0 Å². The molecule has 3 rings (SSSR count). The summed E-state index contributed by atoms with van der Waals surface area (Å²) in [6.07, 6.45) is 0. The monoisotopic (exact) mass is 414 g/mol. The molecule has 0 saturated heterocycles. The highest BCUT2D eigenvalue weighted by atomic mass is 35.5. The van der Waals surface area contributed by atoms with Crippen LogP contribution in [0.4, 0.5) is 21.3 Å². The number of hydrogen-bond acceptors (Lipinski definition) is 4. The largest absolute Gasteiger partial charge is 0.325 e. The Morgan fingerprint density at radius 2 is 1.75 bits per heavy atom. The molecule has 0 radical (unpaired) electrons. The van der Waals surface area contributed by atoms with E-state index >= 15 is 0 Å². The van der Waals surface area contributed by atoms with Crippen molar-refractivity contribution in [1.82, 2.24) is 4.98 Å². The highest BCUT2D eigenvalue weighted by molar-refractivity contribution is 7.14. The second kappa shape index (κ2) is 8.86. The van der Waals surface area contributed by atoms with Gasteiger partial charge in [0.25, 0.3) is 5.91 Å². The van der Waals surface area contributed by atoms with E-state index in [0.717, 1.165) is 0 Å². The third kappa shape index (κ3) is 5.31. The quantitative estimate of drug-likeness (QED) is 0.492. The molecule has 0 aliphatic carbocycles. The fourth-order valence-corrected chi connectivity index (χ4v) is 3.28. The molecular formula is C20H19ClN4O2S. The minimum Gasteiger partial charge on any atom is -0.321 e. The van der Waals surface area contributed by atoms with Gasteiger partial charge in [-0.1, -0.05) is 43.6 Å². The van der Waals surface area contributed by atoms with Crippen molar-refractivity contribution in [1.29, 1.82) is 0 Å². The molecule has 0 bridgehead atoms. The lowest BCUT2D eigenvalue weighted by Crippen LogP contribution is -2.19. The molecule has 0 aliphatic heterocycles. The normalized spacial score (nSPS) is 10.6. The molecule has 3 aromatic rings. The van der Waals surface area contributed by atoms with Gasteiger partial charge in [-0.25, -0.2) is 9.78 Å². The maximum absolute atomic E-state index is 12.4. The van der Waals surface area contributed by atoms with E-state index in [-0.39, 0.29) is 11.6 Å². The van der Waals surface area contributed by atoms with Crippen LogP contribution in [0.2, 0.25) is 5.02 Å². The van der Waals surface area contributed by atoms with Gasteiger partial charge in [-0.2, -0.15) is 0 Å². The van der Waals surface area contributed by atoms with Crippen LogP contribution in [0.25, 0.3) is 0 Å². The van der Waals surface area contributed by atoms with Crippen LogP contribution in [-0.4, -0.2) is 16.9 Å². The summed E-state index contributed by atoms with van der Waals surface area (Å²) in [4.78, 5) is 28.6. The predicted molar refractivity (Wildman–Crippen MR) is 115 cm³/mol. The van der Waals surface area contributed by atoms with E-state index in [1.807, 2.05) is 24.3 Å². The molecule has 144 valence electrons. The Kier molecular flexibility index (Phi) is 6.28. The number of nitrogens with zero attached hydrogens (tertiary/aromatic N) is 1. The number of nitrogens with one attached hydrogen (secondary N) is 3. The highest BCUT2D eigenvalue weighted by Crippen LogP contribution is 2.20. The van der Waals surface area contributed by atoms with E-state index < -0.39 is 6.03 Å². The van der Waals surface area contributed by atoms with Crippen LogP contribution in [0.1, 0.15) is 35.8 Å². The molecule has 6 nitrogen and oxygen atoms in total. The zero-order valence-electron chi connectivity index (χ0n) is 15.3. The summed E-state index contributed by atoms with van der Waals surface area (Å²) in [7, 11) is 0. The van der Waals surface area contributed by atoms with Gasteiger partial charge in [0, 0.05) is 21.8 Å². The lowest BCUT2D eigenvalue weighted by atomic mass is 10.0.